The SMILES string of the molecule is CCC(c1ccc(Cl)cc1)N(C)C1CCC(NC)CC1. The first-order chi connectivity index (χ1) is 9.65. The van der Waals surface area contributed by atoms with Gasteiger partial charge in [-0.3, -0.25) is 4.90 Å². The Kier molecular flexibility index (Phi) is 5.88. The van der Waals surface area contributed by atoms with Crippen LogP contribution in [0.15, 0.2) is 24.3 Å². The minimum absolute atomic E-state index is 0.503. The lowest BCUT2D eigenvalue weighted by atomic mass is 9.88. The molecule has 1 fully saturated rings. The first kappa shape index (κ1) is 15.8. The van der Waals surface area contributed by atoms with E-state index in [0.29, 0.717) is 12.1 Å². The largest absolute Gasteiger partial charge is 0.317 e. The molecule has 0 spiro atoms. The highest BCUT2D eigenvalue weighted by Gasteiger charge is 2.27. The standard InChI is InChI=1S/C17H27ClN2/c1-4-17(13-5-7-14(18)8-6-13)20(3)16-11-9-15(19-2)10-12-16/h5-8,15-17,19H,4,9-12H2,1-3H3. The molecule has 0 saturated heterocycles. The Balaban J connectivity index is 2.02. The van der Waals surface area contributed by atoms with E-state index in [2.05, 4.69) is 43.4 Å². The maximum absolute atomic E-state index is 6.00. The molecule has 2 nitrogen and oxygen atoms in total. The topological polar surface area (TPSA) is 15.3 Å². The Labute approximate surface area is 128 Å². The lowest BCUT2D eigenvalue weighted by molar-refractivity contribution is 0.124. The molecule has 112 valence electrons. The number of rotatable bonds is 5. The highest BCUT2D eigenvalue weighted by atomic mass is 35.5. The van der Waals surface area contributed by atoms with Crippen molar-refractivity contribution in [1.82, 2.24) is 10.2 Å². The Hall–Kier alpha value is -0.570. The number of benzene rings is 1. The summed E-state index contributed by atoms with van der Waals surface area (Å²) in [6.07, 6.45) is 6.33. The molecule has 0 aliphatic heterocycles. The van der Waals surface area contributed by atoms with Gasteiger partial charge in [-0.25, -0.2) is 0 Å². The summed E-state index contributed by atoms with van der Waals surface area (Å²) in [4.78, 5) is 2.58. The molecule has 1 saturated carbocycles. The van der Waals surface area contributed by atoms with Crippen molar-refractivity contribution in [1.29, 1.82) is 0 Å². The van der Waals surface area contributed by atoms with Crippen LogP contribution in [0, 0.1) is 0 Å². The molecule has 1 unspecified atom stereocenters. The summed E-state index contributed by atoms with van der Waals surface area (Å²) >= 11 is 6.00. The van der Waals surface area contributed by atoms with Crippen molar-refractivity contribution < 1.29 is 0 Å². The van der Waals surface area contributed by atoms with E-state index < -0.39 is 0 Å². The number of hydrogen-bond donors (Lipinski definition) is 1. The van der Waals surface area contributed by atoms with Crippen LogP contribution in [0.4, 0.5) is 0 Å². The van der Waals surface area contributed by atoms with E-state index in [4.69, 9.17) is 11.6 Å². The van der Waals surface area contributed by atoms with Gasteiger partial charge in [0.2, 0.25) is 0 Å². The van der Waals surface area contributed by atoms with Gasteiger partial charge >= 0.3 is 0 Å². The third-order valence-corrected chi connectivity index (χ3v) is 5.07. The molecule has 1 atom stereocenters. The van der Waals surface area contributed by atoms with Crippen LogP contribution in [0.2, 0.25) is 5.02 Å². The van der Waals surface area contributed by atoms with E-state index in [-0.39, 0.29) is 0 Å². The zero-order valence-electron chi connectivity index (χ0n) is 12.9. The summed E-state index contributed by atoms with van der Waals surface area (Å²) in [6.45, 7) is 2.27. The molecule has 20 heavy (non-hydrogen) atoms. The molecule has 0 amide bonds. The Morgan fingerprint density at radius 3 is 2.30 bits per heavy atom. The van der Waals surface area contributed by atoms with E-state index in [1.807, 2.05) is 12.1 Å². The van der Waals surface area contributed by atoms with E-state index in [9.17, 15) is 0 Å². The molecule has 0 aromatic heterocycles. The van der Waals surface area contributed by atoms with Crippen molar-refractivity contribution in [2.75, 3.05) is 14.1 Å². The van der Waals surface area contributed by atoms with Gasteiger partial charge in [-0.05, 0) is 63.9 Å². The molecule has 2 rings (SSSR count). The fourth-order valence-electron chi connectivity index (χ4n) is 3.47. The lowest BCUT2D eigenvalue weighted by Gasteiger charge is -2.39. The first-order valence-electron chi connectivity index (χ1n) is 7.80. The maximum Gasteiger partial charge on any atom is 0.0406 e. The van der Waals surface area contributed by atoms with Gasteiger partial charge in [0.25, 0.3) is 0 Å². The van der Waals surface area contributed by atoms with E-state index in [1.165, 1.54) is 31.2 Å². The third-order valence-electron chi connectivity index (χ3n) is 4.81. The zero-order valence-corrected chi connectivity index (χ0v) is 13.7. The zero-order chi connectivity index (χ0) is 14.5. The van der Waals surface area contributed by atoms with Crippen LogP contribution in [0.1, 0.15) is 50.6 Å². The first-order valence-corrected chi connectivity index (χ1v) is 8.18. The van der Waals surface area contributed by atoms with Crippen LogP contribution in [-0.4, -0.2) is 31.1 Å². The number of halogens is 1. The summed E-state index contributed by atoms with van der Waals surface area (Å²) in [5, 5.41) is 4.23. The molecule has 1 aliphatic carbocycles. The van der Waals surface area contributed by atoms with E-state index in [1.54, 1.807) is 0 Å². The van der Waals surface area contributed by atoms with Crippen molar-refractivity contribution >= 4 is 11.6 Å². The summed E-state index contributed by atoms with van der Waals surface area (Å²) in [7, 11) is 4.37. The van der Waals surface area contributed by atoms with Crippen LogP contribution in [0.5, 0.6) is 0 Å². The van der Waals surface area contributed by atoms with Gasteiger partial charge in [0, 0.05) is 23.1 Å². The number of hydrogen-bond acceptors (Lipinski definition) is 2. The second-order valence-corrected chi connectivity index (χ2v) is 6.37. The second-order valence-electron chi connectivity index (χ2n) is 5.94. The molecule has 1 aromatic rings. The smallest absolute Gasteiger partial charge is 0.0406 e. The Morgan fingerprint density at radius 2 is 1.80 bits per heavy atom. The average Bonchev–Trinajstić information content (AvgIpc) is 2.50. The van der Waals surface area contributed by atoms with Gasteiger partial charge in [-0.2, -0.15) is 0 Å². The van der Waals surface area contributed by atoms with Crippen molar-refractivity contribution in [2.45, 2.75) is 57.2 Å². The van der Waals surface area contributed by atoms with Crippen LogP contribution in [0.25, 0.3) is 0 Å². The van der Waals surface area contributed by atoms with Crippen molar-refractivity contribution in [2.24, 2.45) is 0 Å². The second kappa shape index (κ2) is 7.44. The van der Waals surface area contributed by atoms with Crippen LogP contribution >= 0.6 is 11.6 Å². The normalized spacial score (nSPS) is 24.9. The highest BCUT2D eigenvalue weighted by Crippen LogP contribution is 2.31. The van der Waals surface area contributed by atoms with E-state index in [0.717, 1.165) is 17.5 Å². The average molecular weight is 295 g/mol. The lowest BCUT2D eigenvalue weighted by Crippen LogP contribution is -2.41. The maximum atomic E-state index is 6.00. The molecule has 1 aliphatic rings. The van der Waals surface area contributed by atoms with Gasteiger partial charge < -0.3 is 5.32 Å². The number of nitrogens with zero attached hydrogens (tertiary/aromatic N) is 1. The Morgan fingerprint density at radius 1 is 1.20 bits per heavy atom. The molecular formula is C17H27ClN2. The van der Waals surface area contributed by atoms with Gasteiger partial charge in [0.1, 0.15) is 0 Å². The molecule has 0 radical (unpaired) electrons. The predicted molar refractivity (Wildman–Crippen MR) is 87.4 cm³/mol. The van der Waals surface area contributed by atoms with Gasteiger partial charge in [0.15, 0.2) is 0 Å². The third kappa shape index (κ3) is 3.75. The minimum atomic E-state index is 0.503. The van der Waals surface area contributed by atoms with Gasteiger partial charge in [0.05, 0.1) is 0 Å². The highest BCUT2D eigenvalue weighted by molar-refractivity contribution is 6.30. The molecule has 0 heterocycles. The molecule has 0 bridgehead atoms. The predicted octanol–water partition coefficient (Wildman–Crippen LogP) is 4.25. The minimum Gasteiger partial charge on any atom is -0.317 e. The van der Waals surface area contributed by atoms with Gasteiger partial charge in [-0.15, -0.1) is 0 Å². The van der Waals surface area contributed by atoms with E-state index >= 15 is 0 Å². The quantitative estimate of drug-likeness (QED) is 0.873. The number of nitrogens with one attached hydrogen (secondary N) is 1. The van der Waals surface area contributed by atoms with Crippen LogP contribution in [0.3, 0.4) is 0 Å². The fourth-order valence-corrected chi connectivity index (χ4v) is 3.60. The van der Waals surface area contributed by atoms with Crippen LogP contribution in [-0.2, 0) is 0 Å². The Bertz CT molecular complexity index is 396. The van der Waals surface area contributed by atoms with Crippen molar-refractivity contribution in [3.8, 4) is 0 Å². The summed E-state index contributed by atoms with van der Waals surface area (Å²) in [5.74, 6) is 0. The van der Waals surface area contributed by atoms with Crippen LogP contribution < -0.4 is 5.32 Å². The molecule has 1 N–H and O–H groups in total. The fraction of sp³-hybridized carbons (Fsp3) is 0.647. The molecule has 1 aromatic carbocycles. The molecule has 3 heteroatoms. The summed E-state index contributed by atoms with van der Waals surface area (Å²) in [6, 6.07) is 10.3. The summed E-state index contributed by atoms with van der Waals surface area (Å²) in [5.41, 5.74) is 1.38. The molecular weight excluding hydrogens is 268 g/mol. The monoisotopic (exact) mass is 294 g/mol. The van der Waals surface area contributed by atoms with Crippen molar-refractivity contribution in [3.05, 3.63) is 34.9 Å². The summed E-state index contributed by atoms with van der Waals surface area (Å²) < 4.78 is 0. The van der Waals surface area contributed by atoms with Gasteiger partial charge in [-0.1, -0.05) is 30.7 Å². The van der Waals surface area contributed by atoms with Crippen molar-refractivity contribution in [3.63, 3.8) is 0 Å².